The Balaban J connectivity index is 1.72. The van der Waals surface area contributed by atoms with Gasteiger partial charge in [-0.3, -0.25) is 23.5 Å². The molecule has 3 rings (SSSR count). The summed E-state index contributed by atoms with van der Waals surface area (Å²) in [5.41, 5.74) is 0.685. The van der Waals surface area contributed by atoms with Crippen LogP contribution in [0.5, 0.6) is 0 Å². The minimum Gasteiger partial charge on any atom is -0.339 e. The minimum absolute atomic E-state index is 0.251. The van der Waals surface area contributed by atoms with E-state index < -0.39 is 22.6 Å². The maximum Gasteiger partial charge on any atom is 0.262 e. The van der Waals surface area contributed by atoms with Crippen LogP contribution in [0, 0.1) is 0 Å². The Bertz CT molecular complexity index is 613. The highest BCUT2D eigenvalue weighted by Gasteiger charge is 2.37. The summed E-state index contributed by atoms with van der Waals surface area (Å²) in [6, 6.07) is 6.55. The molecule has 6 nitrogen and oxygen atoms in total. The van der Waals surface area contributed by atoms with Crippen molar-refractivity contribution in [3.05, 3.63) is 35.4 Å². The van der Waals surface area contributed by atoms with Gasteiger partial charge in [-0.2, -0.15) is 0 Å². The number of rotatable bonds is 2. The van der Waals surface area contributed by atoms with E-state index in [1.807, 2.05) is 0 Å². The summed E-state index contributed by atoms with van der Waals surface area (Å²) in [6.07, 6.45) is 0. The number of hydrogen-bond acceptors (Lipinski definition) is 4. The van der Waals surface area contributed by atoms with Crippen molar-refractivity contribution >= 4 is 28.5 Å². The van der Waals surface area contributed by atoms with Gasteiger partial charge in [0, 0.05) is 35.4 Å². The molecule has 0 bridgehead atoms. The van der Waals surface area contributed by atoms with E-state index in [9.17, 15) is 18.6 Å². The number of carbonyl (C=O) groups excluding carboxylic acids is 3. The maximum atomic E-state index is 12.2. The van der Waals surface area contributed by atoms with Crippen molar-refractivity contribution in [1.29, 1.82) is 0 Å². The summed E-state index contributed by atoms with van der Waals surface area (Å²) in [5.74, 6) is -0.225. The van der Waals surface area contributed by atoms with Crippen LogP contribution < -0.4 is 0 Å². The summed E-state index contributed by atoms with van der Waals surface area (Å²) in [6.45, 7) is 0.572. The van der Waals surface area contributed by atoms with Gasteiger partial charge in [0.2, 0.25) is 5.91 Å². The molecule has 1 aromatic rings. The lowest BCUT2D eigenvalue weighted by atomic mass is 10.1. The topological polar surface area (TPSA) is 74.8 Å². The molecule has 3 amide bonds. The Hall–Kier alpha value is -2.02. The predicted molar refractivity (Wildman–Crippen MR) is 76.3 cm³/mol. The average Bonchev–Trinajstić information content (AvgIpc) is 2.73. The second-order valence-electron chi connectivity index (χ2n) is 4.97. The third kappa shape index (κ3) is 2.49. The molecule has 1 saturated heterocycles. The molecule has 0 aliphatic carbocycles. The number of hydrogen-bond donors (Lipinski definition) is 0. The highest BCUT2D eigenvalue weighted by Crippen LogP contribution is 2.22. The van der Waals surface area contributed by atoms with Crippen molar-refractivity contribution in [3.63, 3.8) is 0 Å². The summed E-state index contributed by atoms with van der Waals surface area (Å²) >= 11 is 0. The molecule has 0 spiro atoms. The van der Waals surface area contributed by atoms with Gasteiger partial charge in [-0.05, 0) is 12.1 Å². The van der Waals surface area contributed by atoms with Crippen molar-refractivity contribution in [1.82, 2.24) is 9.80 Å². The number of amides is 3. The predicted octanol–water partition coefficient (Wildman–Crippen LogP) is -0.126. The van der Waals surface area contributed by atoms with Gasteiger partial charge in [-0.25, -0.2) is 0 Å². The standard InChI is InChI=1S/C14H14N2O4S/c17-12(15-5-7-21(20)8-6-15)9-16-13(18)10-3-1-2-4-11(10)14(16)19/h1-4H,5-9H2. The molecule has 2 aliphatic heterocycles. The number of fused-ring (bicyclic) bond motifs is 1. The van der Waals surface area contributed by atoms with Crippen LogP contribution >= 0.6 is 0 Å². The van der Waals surface area contributed by atoms with Crippen molar-refractivity contribution in [2.45, 2.75) is 0 Å². The summed E-state index contributed by atoms with van der Waals surface area (Å²) in [5, 5.41) is 0. The largest absolute Gasteiger partial charge is 0.339 e. The first-order valence-electron chi connectivity index (χ1n) is 6.66. The smallest absolute Gasteiger partial charge is 0.262 e. The van der Waals surface area contributed by atoms with Crippen LogP contribution in [-0.4, -0.2) is 62.9 Å². The van der Waals surface area contributed by atoms with E-state index >= 15 is 0 Å². The van der Waals surface area contributed by atoms with E-state index in [-0.39, 0.29) is 12.5 Å². The first-order valence-corrected chi connectivity index (χ1v) is 8.14. The van der Waals surface area contributed by atoms with Crippen molar-refractivity contribution in [2.75, 3.05) is 31.1 Å². The van der Waals surface area contributed by atoms with E-state index in [1.54, 1.807) is 29.2 Å². The fourth-order valence-corrected chi connectivity index (χ4v) is 3.56. The number of nitrogens with zero attached hydrogens (tertiary/aromatic N) is 2. The van der Waals surface area contributed by atoms with Gasteiger partial charge >= 0.3 is 0 Å². The normalized spacial score (nSPS) is 19.0. The van der Waals surface area contributed by atoms with Crippen LogP contribution in [0.4, 0.5) is 0 Å². The molecule has 21 heavy (non-hydrogen) atoms. The van der Waals surface area contributed by atoms with Crippen molar-refractivity contribution in [3.8, 4) is 0 Å². The summed E-state index contributed by atoms with van der Waals surface area (Å²) < 4.78 is 11.3. The lowest BCUT2D eigenvalue weighted by molar-refractivity contribution is -0.131. The zero-order chi connectivity index (χ0) is 15.0. The average molecular weight is 306 g/mol. The molecule has 110 valence electrons. The van der Waals surface area contributed by atoms with Gasteiger partial charge < -0.3 is 4.90 Å². The van der Waals surface area contributed by atoms with E-state index in [2.05, 4.69) is 0 Å². The number of carbonyl (C=O) groups is 3. The summed E-state index contributed by atoms with van der Waals surface area (Å²) in [7, 11) is -0.869. The van der Waals surface area contributed by atoms with Crippen molar-refractivity contribution < 1.29 is 18.6 Å². The number of imide groups is 1. The lowest BCUT2D eigenvalue weighted by Crippen LogP contribution is -2.47. The SMILES string of the molecule is O=C(CN1C(=O)c2ccccc2C1=O)N1CCS(=O)CC1. The molecular weight excluding hydrogens is 292 g/mol. The Morgan fingerprint density at radius 2 is 1.57 bits per heavy atom. The van der Waals surface area contributed by atoms with Crippen LogP contribution in [0.1, 0.15) is 20.7 Å². The maximum absolute atomic E-state index is 12.2. The van der Waals surface area contributed by atoms with E-state index in [0.717, 1.165) is 4.90 Å². The quantitative estimate of drug-likeness (QED) is 0.714. The van der Waals surface area contributed by atoms with Gasteiger partial charge in [-0.15, -0.1) is 0 Å². The van der Waals surface area contributed by atoms with E-state index in [1.165, 1.54) is 0 Å². The zero-order valence-electron chi connectivity index (χ0n) is 11.3. The fourth-order valence-electron chi connectivity index (χ4n) is 2.51. The second-order valence-corrected chi connectivity index (χ2v) is 6.67. The highest BCUT2D eigenvalue weighted by molar-refractivity contribution is 7.85. The Morgan fingerprint density at radius 1 is 1.05 bits per heavy atom. The van der Waals surface area contributed by atoms with Crippen LogP contribution in [0.25, 0.3) is 0 Å². The van der Waals surface area contributed by atoms with Gasteiger partial charge in [0.1, 0.15) is 6.54 Å². The molecule has 2 heterocycles. The molecule has 0 N–H and O–H groups in total. The molecule has 7 heteroatoms. The van der Waals surface area contributed by atoms with E-state index in [0.29, 0.717) is 35.7 Å². The molecular formula is C14H14N2O4S. The summed E-state index contributed by atoms with van der Waals surface area (Å²) in [4.78, 5) is 39.1. The Kier molecular flexibility index (Phi) is 3.59. The Morgan fingerprint density at radius 3 is 2.10 bits per heavy atom. The monoisotopic (exact) mass is 306 g/mol. The fraction of sp³-hybridized carbons (Fsp3) is 0.357. The molecule has 1 fully saturated rings. The third-order valence-electron chi connectivity index (χ3n) is 3.70. The first-order chi connectivity index (χ1) is 10.1. The molecule has 0 radical (unpaired) electrons. The lowest BCUT2D eigenvalue weighted by Gasteiger charge is -2.27. The van der Waals surface area contributed by atoms with E-state index in [4.69, 9.17) is 0 Å². The molecule has 0 aromatic heterocycles. The van der Waals surface area contributed by atoms with Crippen LogP contribution in [0.3, 0.4) is 0 Å². The van der Waals surface area contributed by atoms with Crippen LogP contribution in [0.2, 0.25) is 0 Å². The van der Waals surface area contributed by atoms with Crippen LogP contribution in [-0.2, 0) is 15.6 Å². The first kappa shape index (κ1) is 13.9. The van der Waals surface area contributed by atoms with Gasteiger partial charge in [0.15, 0.2) is 0 Å². The van der Waals surface area contributed by atoms with Gasteiger partial charge in [-0.1, -0.05) is 12.1 Å². The number of benzene rings is 1. The molecule has 1 aromatic carbocycles. The minimum atomic E-state index is -0.869. The van der Waals surface area contributed by atoms with Crippen LogP contribution in [0.15, 0.2) is 24.3 Å². The van der Waals surface area contributed by atoms with Gasteiger partial charge in [0.05, 0.1) is 11.1 Å². The van der Waals surface area contributed by atoms with Crippen molar-refractivity contribution in [2.24, 2.45) is 0 Å². The molecule has 0 saturated carbocycles. The zero-order valence-corrected chi connectivity index (χ0v) is 12.1. The Labute approximate surface area is 124 Å². The molecule has 0 unspecified atom stereocenters. The molecule has 0 atom stereocenters. The van der Waals surface area contributed by atoms with Gasteiger partial charge in [0.25, 0.3) is 11.8 Å². The highest BCUT2D eigenvalue weighted by atomic mass is 32.2. The third-order valence-corrected chi connectivity index (χ3v) is 4.98. The molecule has 2 aliphatic rings. The second kappa shape index (κ2) is 5.40.